The number of hydrogen-bond donors (Lipinski definition) is 0. The molecule has 3 nitrogen and oxygen atoms in total. The third-order valence-electron chi connectivity index (χ3n) is 0.744. The van der Waals surface area contributed by atoms with E-state index in [1.807, 2.05) is 0 Å². The monoisotopic (exact) mass is 112 g/mol. The topological polar surface area (TPSA) is 48.5 Å². The van der Waals surface area contributed by atoms with Gasteiger partial charge in [0.25, 0.3) is 0 Å². The fourth-order valence-corrected chi connectivity index (χ4v) is 0.440. The molecule has 0 spiro atoms. The Bertz CT molecular complexity index is 26.8. The van der Waals surface area contributed by atoms with Gasteiger partial charge < -0.3 is 14.9 Å². The third kappa shape index (κ3) is 4.63. The molecule has 1 aliphatic heterocycles. The molecule has 1 rings (SSSR count). The zero-order valence-corrected chi connectivity index (χ0v) is 5.09. The normalized spacial score (nSPS) is 18.0. The van der Waals surface area contributed by atoms with Crippen molar-refractivity contribution >= 4 is 0 Å². The molecule has 1 heterocycles. The van der Waals surface area contributed by atoms with E-state index in [-0.39, 0.29) is 24.3 Å². The molecule has 8 heavy (non-hydrogen) atoms. The predicted octanol–water partition coefficient (Wildman–Crippen LogP) is -3.14. The van der Waals surface area contributed by atoms with Crippen molar-refractivity contribution in [3.05, 3.63) is 0 Å². The van der Waals surface area contributed by atoms with Crippen LogP contribution in [0.3, 0.4) is 0 Å². The van der Waals surface area contributed by atoms with Gasteiger partial charge in [-0.1, -0.05) is 0 Å². The third-order valence-corrected chi connectivity index (χ3v) is 0.744. The maximum absolute atomic E-state index is 4.94. The van der Waals surface area contributed by atoms with E-state index in [1.54, 1.807) is 0 Å². The zero-order valence-electron chi connectivity index (χ0n) is 5.09. The van der Waals surface area contributed by atoms with Gasteiger partial charge in [0.05, 0.1) is 26.4 Å². The smallest absolute Gasteiger partial charge is 0.870 e. The van der Waals surface area contributed by atoms with Gasteiger partial charge in [-0.05, 0) is 0 Å². The quantitative estimate of drug-likeness (QED) is 0.311. The first kappa shape index (κ1) is 11.3. The van der Waals surface area contributed by atoms with Gasteiger partial charge in [0, 0.05) is 0 Å². The first-order valence-corrected chi connectivity index (χ1v) is 2.15. The maximum atomic E-state index is 4.94. The molecule has 1 N–H and O–H groups in total. The molecule has 1 saturated heterocycles. The van der Waals surface area contributed by atoms with Gasteiger partial charge in [-0.2, -0.15) is 0 Å². The summed E-state index contributed by atoms with van der Waals surface area (Å²) in [4.78, 5) is 0. The number of ether oxygens (including phenoxy) is 2. The van der Waals surface area contributed by atoms with E-state index in [0.717, 1.165) is 26.4 Å². The van der Waals surface area contributed by atoms with Crippen LogP contribution in [-0.2, 0) is 9.47 Å². The van der Waals surface area contributed by atoms with Crippen LogP contribution in [0.2, 0.25) is 0 Å². The minimum atomic E-state index is 0. The molecule has 0 unspecified atom stereocenters. The first-order valence-electron chi connectivity index (χ1n) is 2.15. The van der Waals surface area contributed by atoms with Gasteiger partial charge >= 0.3 is 18.9 Å². The summed E-state index contributed by atoms with van der Waals surface area (Å²) < 4.78 is 9.89. The summed E-state index contributed by atoms with van der Waals surface area (Å²) in [6, 6.07) is 0. The Morgan fingerprint density at radius 2 is 1.00 bits per heavy atom. The van der Waals surface area contributed by atoms with E-state index in [2.05, 4.69) is 0 Å². The second-order valence-electron chi connectivity index (χ2n) is 1.22. The van der Waals surface area contributed by atoms with Crippen molar-refractivity contribution in [2.45, 2.75) is 0 Å². The van der Waals surface area contributed by atoms with Gasteiger partial charge in [0.1, 0.15) is 0 Å². The van der Waals surface area contributed by atoms with E-state index < -0.39 is 0 Å². The molecule has 0 aliphatic carbocycles. The second-order valence-corrected chi connectivity index (χ2v) is 1.22. The molecule has 44 valence electrons. The van der Waals surface area contributed by atoms with Gasteiger partial charge in [-0.25, -0.2) is 0 Å². The van der Waals surface area contributed by atoms with E-state index in [1.165, 1.54) is 0 Å². The average molecular weight is 112 g/mol. The zero-order chi connectivity index (χ0) is 4.24. The van der Waals surface area contributed by atoms with Crippen molar-refractivity contribution in [3.8, 4) is 0 Å². The van der Waals surface area contributed by atoms with Crippen molar-refractivity contribution < 1.29 is 33.8 Å². The minimum Gasteiger partial charge on any atom is -0.870 e. The van der Waals surface area contributed by atoms with Crippen LogP contribution in [0.1, 0.15) is 0 Å². The molecule has 4 heteroatoms. The van der Waals surface area contributed by atoms with Gasteiger partial charge in [-0.3, -0.25) is 0 Å². The Balaban J connectivity index is 0. The summed E-state index contributed by atoms with van der Waals surface area (Å²) in [5, 5.41) is 0. The van der Waals surface area contributed by atoms with Crippen molar-refractivity contribution in [1.82, 2.24) is 0 Å². The molecule has 1 fully saturated rings. The molecule has 0 aromatic carbocycles. The van der Waals surface area contributed by atoms with Crippen molar-refractivity contribution in [3.63, 3.8) is 0 Å². The molecule has 0 radical (unpaired) electrons. The van der Waals surface area contributed by atoms with Crippen LogP contribution in [0.4, 0.5) is 0 Å². The predicted molar refractivity (Wildman–Crippen MR) is 23.6 cm³/mol. The maximum Gasteiger partial charge on any atom is 1.00 e. The minimum absolute atomic E-state index is 0. The Hall–Kier alpha value is 0.477. The summed E-state index contributed by atoms with van der Waals surface area (Å²) in [7, 11) is 0. The Kier molecular flexibility index (Phi) is 10.6. The van der Waals surface area contributed by atoms with Crippen molar-refractivity contribution in [2.75, 3.05) is 26.4 Å². The van der Waals surface area contributed by atoms with E-state index in [9.17, 15) is 0 Å². The SMILES string of the molecule is C1COCCO1.[Li+].[OH-]. The average Bonchev–Trinajstić information content (AvgIpc) is 1.72. The first-order chi connectivity index (χ1) is 3.00. The summed E-state index contributed by atoms with van der Waals surface area (Å²) in [6.07, 6.45) is 0. The van der Waals surface area contributed by atoms with Crippen LogP contribution >= 0.6 is 0 Å². The molecular weight excluding hydrogens is 103 g/mol. The van der Waals surface area contributed by atoms with Gasteiger partial charge in [-0.15, -0.1) is 0 Å². The largest absolute Gasteiger partial charge is 1.00 e. The number of hydrogen-bond acceptors (Lipinski definition) is 3. The standard InChI is InChI=1S/C4H8O2.Li.H2O/c1-2-6-4-3-5-1;;/h1-4H2;;1H2/q;+1;/p-1. The van der Waals surface area contributed by atoms with Crippen LogP contribution in [0.5, 0.6) is 0 Å². The molecule has 0 atom stereocenters. The van der Waals surface area contributed by atoms with E-state index in [0.29, 0.717) is 0 Å². The molecule has 0 aromatic heterocycles. The molecule has 0 saturated carbocycles. The van der Waals surface area contributed by atoms with Crippen LogP contribution < -0.4 is 18.9 Å². The Morgan fingerprint density at radius 3 is 1.12 bits per heavy atom. The van der Waals surface area contributed by atoms with Crippen LogP contribution in [-0.4, -0.2) is 31.9 Å². The van der Waals surface area contributed by atoms with Crippen LogP contribution in [0, 0.1) is 0 Å². The fourth-order valence-electron chi connectivity index (χ4n) is 0.440. The molecule has 1 aliphatic rings. The number of rotatable bonds is 0. The summed E-state index contributed by atoms with van der Waals surface area (Å²) in [5.41, 5.74) is 0. The summed E-state index contributed by atoms with van der Waals surface area (Å²) >= 11 is 0. The molecular formula is C4H9LiO3. The van der Waals surface area contributed by atoms with E-state index in [4.69, 9.17) is 9.47 Å². The molecule has 0 aromatic rings. The van der Waals surface area contributed by atoms with E-state index >= 15 is 0 Å². The van der Waals surface area contributed by atoms with Crippen molar-refractivity contribution in [1.29, 1.82) is 0 Å². The summed E-state index contributed by atoms with van der Waals surface area (Å²) in [6.45, 7) is 3.11. The molecule has 0 bridgehead atoms. The van der Waals surface area contributed by atoms with Crippen LogP contribution in [0.15, 0.2) is 0 Å². The van der Waals surface area contributed by atoms with Crippen LogP contribution in [0.25, 0.3) is 0 Å². The molecule has 0 amide bonds. The van der Waals surface area contributed by atoms with Gasteiger partial charge in [0.2, 0.25) is 0 Å². The van der Waals surface area contributed by atoms with Gasteiger partial charge in [0.15, 0.2) is 0 Å². The Labute approximate surface area is 60.8 Å². The fraction of sp³-hybridized carbons (Fsp3) is 1.00. The van der Waals surface area contributed by atoms with Crippen molar-refractivity contribution in [2.24, 2.45) is 0 Å². The summed E-state index contributed by atoms with van der Waals surface area (Å²) in [5.74, 6) is 0. The second kappa shape index (κ2) is 7.48. The Morgan fingerprint density at radius 1 is 0.750 bits per heavy atom.